The zero-order valence-corrected chi connectivity index (χ0v) is 8.99. The molecule has 0 amide bonds. The second-order valence-corrected chi connectivity index (χ2v) is 3.12. The third-order valence-electron chi connectivity index (χ3n) is 2.12. The lowest BCUT2D eigenvalue weighted by Gasteiger charge is -2.19. The van der Waals surface area contributed by atoms with Crippen molar-refractivity contribution < 1.29 is 9.47 Å². The first-order valence-electron chi connectivity index (χ1n) is 4.62. The van der Waals surface area contributed by atoms with Crippen LogP contribution in [0.1, 0.15) is 0 Å². The predicted molar refractivity (Wildman–Crippen MR) is 58.1 cm³/mol. The first kappa shape index (κ1) is 10.9. The van der Waals surface area contributed by atoms with Crippen LogP contribution in [-0.4, -0.2) is 34.4 Å². The molecule has 3 nitrogen and oxygen atoms in total. The molecule has 0 N–H and O–H groups in total. The maximum atomic E-state index is 5.15. The second-order valence-electron chi connectivity index (χ2n) is 3.12. The van der Waals surface area contributed by atoms with Gasteiger partial charge in [-0.2, -0.15) is 0 Å². The molecule has 1 aromatic carbocycles. The van der Waals surface area contributed by atoms with Crippen molar-refractivity contribution in [3.05, 3.63) is 24.3 Å². The van der Waals surface area contributed by atoms with Gasteiger partial charge in [-0.25, -0.2) is 0 Å². The van der Waals surface area contributed by atoms with E-state index in [0.717, 1.165) is 24.6 Å². The summed E-state index contributed by atoms with van der Waals surface area (Å²) in [5.41, 5.74) is 1.14. The molecule has 0 bridgehead atoms. The first-order chi connectivity index (χ1) is 6.77. The third-order valence-corrected chi connectivity index (χ3v) is 2.12. The molecule has 0 atom stereocenters. The summed E-state index contributed by atoms with van der Waals surface area (Å²) < 4.78 is 10.2. The maximum Gasteiger partial charge on any atom is 0.120 e. The Morgan fingerprint density at radius 1 is 1.29 bits per heavy atom. The van der Waals surface area contributed by atoms with Crippen molar-refractivity contribution >= 4 is 5.69 Å². The summed E-state index contributed by atoms with van der Waals surface area (Å²) in [4.78, 5) is 2.13. The number of methoxy groups -OCH3 is 2. The number of hydrogen-bond acceptors (Lipinski definition) is 3. The summed E-state index contributed by atoms with van der Waals surface area (Å²) >= 11 is 0. The largest absolute Gasteiger partial charge is 0.497 e. The fourth-order valence-electron chi connectivity index (χ4n) is 1.21. The van der Waals surface area contributed by atoms with Crippen LogP contribution in [-0.2, 0) is 4.74 Å². The quantitative estimate of drug-likeness (QED) is 0.714. The van der Waals surface area contributed by atoms with Crippen LogP contribution >= 0.6 is 0 Å². The van der Waals surface area contributed by atoms with E-state index in [1.54, 1.807) is 14.2 Å². The fourth-order valence-corrected chi connectivity index (χ4v) is 1.21. The van der Waals surface area contributed by atoms with Crippen molar-refractivity contribution in [2.45, 2.75) is 0 Å². The molecular weight excluding hydrogens is 178 g/mol. The van der Waals surface area contributed by atoms with Gasteiger partial charge in [0.25, 0.3) is 0 Å². The predicted octanol–water partition coefficient (Wildman–Crippen LogP) is 1.78. The summed E-state index contributed by atoms with van der Waals surface area (Å²) in [6, 6.07) is 7.99. The van der Waals surface area contributed by atoms with Crippen molar-refractivity contribution in [1.82, 2.24) is 0 Å². The topological polar surface area (TPSA) is 21.7 Å². The molecular formula is C11H17NO2. The number of anilines is 1. The molecule has 1 aromatic rings. The van der Waals surface area contributed by atoms with E-state index in [-0.39, 0.29) is 0 Å². The molecule has 0 aliphatic heterocycles. The summed E-state index contributed by atoms with van der Waals surface area (Å²) in [6.45, 7) is 1.61. The van der Waals surface area contributed by atoms with E-state index in [2.05, 4.69) is 11.0 Å². The van der Waals surface area contributed by atoms with Gasteiger partial charge in [0.2, 0.25) is 0 Å². The van der Waals surface area contributed by atoms with Gasteiger partial charge in [0.15, 0.2) is 0 Å². The minimum atomic E-state index is 0.730. The molecule has 0 fully saturated rings. The van der Waals surface area contributed by atoms with E-state index in [4.69, 9.17) is 9.47 Å². The van der Waals surface area contributed by atoms with Crippen LogP contribution in [0.3, 0.4) is 0 Å². The SMILES string of the molecule is COCCN(C)c1cccc(OC)c1. The van der Waals surface area contributed by atoms with Crippen molar-refractivity contribution in [1.29, 1.82) is 0 Å². The van der Waals surface area contributed by atoms with Gasteiger partial charge in [-0.15, -0.1) is 0 Å². The third kappa shape index (κ3) is 2.92. The molecule has 14 heavy (non-hydrogen) atoms. The number of hydrogen-bond donors (Lipinski definition) is 0. The molecule has 0 saturated heterocycles. The van der Waals surface area contributed by atoms with E-state index < -0.39 is 0 Å². The zero-order chi connectivity index (χ0) is 10.4. The highest BCUT2D eigenvalue weighted by molar-refractivity contribution is 5.49. The van der Waals surface area contributed by atoms with E-state index in [0.29, 0.717) is 0 Å². The van der Waals surface area contributed by atoms with Gasteiger partial charge >= 0.3 is 0 Å². The summed E-state index contributed by atoms with van der Waals surface area (Å²) in [5.74, 6) is 0.881. The normalized spacial score (nSPS) is 9.93. The van der Waals surface area contributed by atoms with Gasteiger partial charge in [0.05, 0.1) is 13.7 Å². The lowest BCUT2D eigenvalue weighted by atomic mass is 10.3. The number of rotatable bonds is 5. The van der Waals surface area contributed by atoms with Crippen LogP contribution < -0.4 is 9.64 Å². The molecule has 0 aliphatic rings. The number of benzene rings is 1. The van der Waals surface area contributed by atoms with Crippen molar-refractivity contribution in [3.8, 4) is 5.75 Å². The van der Waals surface area contributed by atoms with Crippen molar-refractivity contribution in [2.24, 2.45) is 0 Å². The molecule has 0 aromatic heterocycles. The van der Waals surface area contributed by atoms with Crippen molar-refractivity contribution in [3.63, 3.8) is 0 Å². The number of nitrogens with zero attached hydrogens (tertiary/aromatic N) is 1. The molecule has 0 saturated carbocycles. The molecule has 0 radical (unpaired) electrons. The Balaban J connectivity index is 2.64. The van der Waals surface area contributed by atoms with Gasteiger partial charge in [-0.3, -0.25) is 0 Å². The van der Waals surface area contributed by atoms with E-state index in [1.807, 2.05) is 25.2 Å². The molecule has 0 heterocycles. The van der Waals surface area contributed by atoms with E-state index in [1.165, 1.54) is 0 Å². The standard InChI is InChI=1S/C11H17NO2/c1-12(7-8-13-2)10-5-4-6-11(9-10)14-3/h4-6,9H,7-8H2,1-3H3. The molecule has 1 rings (SSSR count). The van der Waals surface area contributed by atoms with Gasteiger partial charge < -0.3 is 14.4 Å². The van der Waals surface area contributed by atoms with Crippen LogP contribution in [0.15, 0.2) is 24.3 Å². The van der Waals surface area contributed by atoms with Gasteiger partial charge in [0, 0.05) is 32.5 Å². The van der Waals surface area contributed by atoms with Crippen LogP contribution in [0.5, 0.6) is 5.75 Å². The number of likely N-dealkylation sites (N-methyl/N-ethyl adjacent to an activating group) is 1. The summed E-state index contributed by atoms with van der Waals surface area (Å²) in [5, 5.41) is 0. The van der Waals surface area contributed by atoms with Gasteiger partial charge in [0.1, 0.15) is 5.75 Å². The Morgan fingerprint density at radius 2 is 2.07 bits per heavy atom. The monoisotopic (exact) mass is 195 g/mol. The Hall–Kier alpha value is -1.22. The number of ether oxygens (including phenoxy) is 2. The maximum absolute atomic E-state index is 5.15. The highest BCUT2D eigenvalue weighted by Crippen LogP contribution is 2.19. The van der Waals surface area contributed by atoms with Crippen LogP contribution in [0.2, 0.25) is 0 Å². The molecule has 0 aliphatic carbocycles. The zero-order valence-electron chi connectivity index (χ0n) is 8.99. The lowest BCUT2D eigenvalue weighted by Crippen LogP contribution is -2.21. The molecule has 0 unspecified atom stereocenters. The minimum absolute atomic E-state index is 0.730. The molecule has 3 heteroatoms. The lowest BCUT2D eigenvalue weighted by molar-refractivity contribution is 0.206. The minimum Gasteiger partial charge on any atom is -0.497 e. The van der Waals surface area contributed by atoms with E-state index >= 15 is 0 Å². The summed E-state index contributed by atoms with van der Waals surface area (Å²) in [7, 11) is 5.42. The van der Waals surface area contributed by atoms with Crippen LogP contribution in [0.4, 0.5) is 5.69 Å². The highest BCUT2D eigenvalue weighted by atomic mass is 16.5. The average Bonchev–Trinajstić information content (AvgIpc) is 2.26. The van der Waals surface area contributed by atoms with Crippen LogP contribution in [0.25, 0.3) is 0 Å². The second kappa shape index (κ2) is 5.50. The Morgan fingerprint density at radius 3 is 2.71 bits per heavy atom. The Kier molecular flexibility index (Phi) is 4.26. The van der Waals surface area contributed by atoms with E-state index in [9.17, 15) is 0 Å². The van der Waals surface area contributed by atoms with Gasteiger partial charge in [-0.05, 0) is 12.1 Å². The fraction of sp³-hybridized carbons (Fsp3) is 0.455. The highest BCUT2D eigenvalue weighted by Gasteiger charge is 2.00. The van der Waals surface area contributed by atoms with Crippen LogP contribution in [0, 0.1) is 0 Å². The summed E-state index contributed by atoms with van der Waals surface area (Å²) in [6.07, 6.45) is 0. The Labute approximate surface area is 85.2 Å². The Bertz CT molecular complexity index is 276. The van der Waals surface area contributed by atoms with Gasteiger partial charge in [-0.1, -0.05) is 6.07 Å². The smallest absolute Gasteiger partial charge is 0.120 e. The molecule has 0 spiro atoms. The molecule has 78 valence electrons. The van der Waals surface area contributed by atoms with Crippen molar-refractivity contribution in [2.75, 3.05) is 39.3 Å². The average molecular weight is 195 g/mol. The first-order valence-corrected chi connectivity index (χ1v) is 4.62.